The van der Waals surface area contributed by atoms with E-state index in [9.17, 15) is 0 Å². The van der Waals surface area contributed by atoms with Crippen LogP contribution in [0.5, 0.6) is 0 Å². The molecular weight excluding hydrogens is 262 g/mol. The number of aryl methyl sites for hydroxylation is 1. The molecule has 0 aromatic carbocycles. The summed E-state index contributed by atoms with van der Waals surface area (Å²) in [6, 6.07) is 0. The van der Waals surface area contributed by atoms with Gasteiger partial charge in [0.1, 0.15) is 0 Å². The van der Waals surface area contributed by atoms with Crippen LogP contribution in [0.3, 0.4) is 0 Å². The summed E-state index contributed by atoms with van der Waals surface area (Å²) in [6.45, 7) is 7.84. The van der Waals surface area contributed by atoms with Gasteiger partial charge in [-0.25, -0.2) is 0 Å². The molecule has 21 heavy (non-hydrogen) atoms. The average molecular weight is 291 g/mol. The predicted octanol–water partition coefficient (Wildman–Crippen LogP) is 2.09. The van der Waals surface area contributed by atoms with Gasteiger partial charge in [-0.2, -0.15) is 0 Å². The maximum absolute atomic E-state index is 4.31. The summed E-state index contributed by atoms with van der Waals surface area (Å²) in [6.07, 6.45) is 9.83. The zero-order valence-electron chi connectivity index (χ0n) is 13.7. The van der Waals surface area contributed by atoms with Crippen molar-refractivity contribution in [2.45, 2.75) is 70.0 Å². The van der Waals surface area contributed by atoms with Crippen LogP contribution in [0.1, 0.15) is 58.1 Å². The number of hydrogen-bond acceptors (Lipinski definition) is 4. The number of nitrogens with one attached hydrogen (secondary N) is 1. The average Bonchev–Trinajstić information content (AvgIpc) is 3.10. The van der Waals surface area contributed by atoms with Gasteiger partial charge < -0.3 is 5.32 Å². The fourth-order valence-electron chi connectivity index (χ4n) is 4.27. The van der Waals surface area contributed by atoms with E-state index in [0.29, 0.717) is 5.54 Å². The molecule has 0 radical (unpaired) electrons. The van der Waals surface area contributed by atoms with E-state index in [1.165, 1.54) is 38.5 Å². The lowest BCUT2D eigenvalue weighted by Gasteiger charge is -2.53. The molecule has 0 atom stereocenters. The molecule has 2 aliphatic rings. The van der Waals surface area contributed by atoms with Gasteiger partial charge in [-0.15, -0.1) is 5.10 Å². The van der Waals surface area contributed by atoms with E-state index >= 15 is 0 Å². The van der Waals surface area contributed by atoms with Gasteiger partial charge in [-0.3, -0.25) is 9.58 Å². The predicted molar refractivity (Wildman–Crippen MR) is 83.9 cm³/mol. The van der Waals surface area contributed by atoms with Gasteiger partial charge in [0.25, 0.3) is 0 Å². The van der Waals surface area contributed by atoms with Crippen molar-refractivity contribution in [2.24, 2.45) is 7.05 Å². The van der Waals surface area contributed by atoms with Gasteiger partial charge in [0, 0.05) is 44.0 Å². The summed E-state index contributed by atoms with van der Waals surface area (Å²) in [5.74, 6) is 0. The second-order valence-electron chi connectivity index (χ2n) is 7.01. The van der Waals surface area contributed by atoms with Gasteiger partial charge in [-0.1, -0.05) is 31.9 Å². The molecule has 0 bridgehead atoms. The number of piperazine rings is 1. The molecule has 2 heterocycles. The van der Waals surface area contributed by atoms with Crippen molar-refractivity contribution in [2.75, 3.05) is 13.1 Å². The van der Waals surface area contributed by atoms with Crippen molar-refractivity contribution in [3.63, 3.8) is 0 Å². The van der Waals surface area contributed by atoms with Crippen LogP contribution in [0.25, 0.3) is 0 Å². The van der Waals surface area contributed by atoms with Crippen LogP contribution in [0.2, 0.25) is 0 Å². The minimum atomic E-state index is 0.269. The smallest absolute Gasteiger partial charge is 0.0967 e. The highest BCUT2D eigenvalue weighted by Crippen LogP contribution is 2.38. The number of hydrogen-bond donors (Lipinski definition) is 1. The molecule has 1 N–H and O–H groups in total. The normalized spacial score (nSPS) is 24.7. The van der Waals surface area contributed by atoms with E-state index in [2.05, 4.69) is 40.6 Å². The lowest BCUT2D eigenvalue weighted by Crippen LogP contribution is -2.68. The Morgan fingerprint density at radius 3 is 2.52 bits per heavy atom. The van der Waals surface area contributed by atoms with E-state index in [1.54, 1.807) is 0 Å². The fraction of sp³-hybridized carbons (Fsp3) is 0.875. The Hall–Kier alpha value is -0.940. The van der Waals surface area contributed by atoms with Crippen LogP contribution < -0.4 is 5.32 Å². The molecule has 5 heteroatoms. The molecule has 0 amide bonds. The van der Waals surface area contributed by atoms with Gasteiger partial charge in [0.2, 0.25) is 0 Å². The minimum Gasteiger partial charge on any atom is -0.308 e. The molecule has 5 nitrogen and oxygen atoms in total. The topological polar surface area (TPSA) is 46.0 Å². The number of aromatic nitrogens is 3. The zero-order valence-corrected chi connectivity index (χ0v) is 13.7. The Labute approximate surface area is 128 Å². The molecule has 1 spiro atoms. The first-order chi connectivity index (χ1) is 10.1. The summed E-state index contributed by atoms with van der Waals surface area (Å²) < 4.78 is 1.81. The molecule has 3 rings (SSSR count). The highest BCUT2D eigenvalue weighted by atomic mass is 15.4. The van der Waals surface area contributed by atoms with Gasteiger partial charge in [0.05, 0.1) is 5.69 Å². The number of nitrogens with zero attached hydrogens (tertiary/aromatic N) is 4. The van der Waals surface area contributed by atoms with Crippen molar-refractivity contribution in [3.05, 3.63) is 11.9 Å². The van der Waals surface area contributed by atoms with Crippen LogP contribution in [-0.4, -0.2) is 44.1 Å². The second-order valence-corrected chi connectivity index (χ2v) is 7.01. The molecule has 1 aromatic heterocycles. The Kier molecular flexibility index (Phi) is 4.06. The van der Waals surface area contributed by atoms with Crippen LogP contribution in [0.4, 0.5) is 0 Å². The number of rotatable bonds is 4. The lowest BCUT2D eigenvalue weighted by atomic mass is 9.82. The van der Waals surface area contributed by atoms with E-state index in [4.69, 9.17) is 0 Å². The summed E-state index contributed by atoms with van der Waals surface area (Å²) in [7, 11) is 1.94. The van der Waals surface area contributed by atoms with E-state index < -0.39 is 0 Å². The van der Waals surface area contributed by atoms with Gasteiger partial charge >= 0.3 is 0 Å². The van der Waals surface area contributed by atoms with Crippen LogP contribution in [0, 0.1) is 0 Å². The van der Waals surface area contributed by atoms with Crippen molar-refractivity contribution in [1.29, 1.82) is 0 Å². The Morgan fingerprint density at radius 1 is 1.24 bits per heavy atom. The fourth-order valence-corrected chi connectivity index (χ4v) is 4.27. The Bertz CT molecular complexity index is 471. The van der Waals surface area contributed by atoms with Crippen molar-refractivity contribution in [1.82, 2.24) is 25.2 Å². The van der Waals surface area contributed by atoms with Crippen LogP contribution in [0.15, 0.2) is 6.20 Å². The summed E-state index contributed by atoms with van der Waals surface area (Å²) in [5, 5.41) is 12.3. The molecular formula is C16H29N5. The largest absolute Gasteiger partial charge is 0.308 e. The van der Waals surface area contributed by atoms with Crippen LogP contribution >= 0.6 is 0 Å². The Morgan fingerprint density at radius 2 is 1.95 bits per heavy atom. The van der Waals surface area contributed by atoms with Crippen molar-refractivity contribution in [3.8, 4) is 0 Å². The maximum Gasteiger partial charge on any atom is 0.0967 e. The highest BCUT2D eigenvalue weighted by molar-refractivity contribution is 5.08. The molecule has 2 fully saturated rings. The standard InChI is InChI=1S/C16H29N5/c1-4-16(5-2)12-17-15(8-6-7-9-15)13-21(16)11-14-10-20(3)19-18-14/h10,17H,4-9,11-13H2,1-3H3. The summed E-state index contributed by atoms with van der Waals surface area (Å²) >= 11 is 0. The first-order valence-electron chi connectivity index (χ1n) is 8.47. The third kappa shape index (κ3) is 2.73. The first-order valence-corrected chi connectivity index (χ1v) is 8.47. The monoisotopic (exact) mass is 291 g/mol. The van der Waals surface area contributed by atoms with E-state index in [1.807, 2.05) is 11.7 Å². The third-order valence-electron chi connectivity index (χ3n) is 5.84. The second kappa shape index (κ2) is 5.69. The van der Waals surface area contributed by atoms with Gasteiger partial charge in [-0.05, 0) is 25.7 Å². The van der Waals surface area contributed by atoms with Crippen molar-refractivity contribution >= 4 is 0 Å². The molecule has 0 unspecified atom stereocenters. The highest BCUT2D eigenvalue weighted by Gasteiger charge is 2.46. The molecule has 118 valence electrons. The van der Waals surface area contributed by atoms with E-state index in [-0.39, 0.29) is 5.54 Å². The van der Waals surface area contributed by atoms with Crippen molar-refractivity contribution < 1.29 is 0 Å². The molecule has 1 saturated heterocycles. The lowest BCUT2D eigenvalue weighted by molar-refractivity contribution is -0.00734. The van der Waals surface area contributed by atoms with E-state index in [0.717, 1.165) is 25.3 Å². The van der Waals surface area contributed by atoms with Crippen LogP contribution in [-0.2, 0) is 13.6 Å². The first kappa shape index (κ1) is 15.0. The minimum absolute atomic E-state index is 0.269. The molecule has 1 aromatic rings. The molecule has 1 aliphatic heterocycles. The SMILES string of the molecule is CCC1(CC)CNC2(CCCC2)CN1Cc1cn(C)nn1. The summed E-state index contributed by atoms with van der Waals surface area (Å²) in [4.78, 5) is 2.69. The Balaban J connectivity index is 1.82. The van der Waals surface area contributed by atoms with Gasteiger partial charge in [0.15, 0.2) is 0 Å². The third-order valence-corrected chi connectivity index (χ3v) is 5.84. The molecule has 1 saturated carbocycles. The maximum atomic E-state index is 4.31. The molecule has 1 aliphatic carbocycles. The quantitative estimate of drug-likeness (QED) is 0.923. The summed E-state index contributed by atoms with van der Waals surface area (Å²) in [5.41, 5.74) is 1.72. The zero-order chi connectivity index (χ0) is 14.9.